The van der Waals surface area contributed by atoms with E-state index in [9.17, 15) is 38.2 Å². The standard InChI is InChI=1S/C20H26N5O14P3S2/c21-16-10-13(4-3-8-22-17(27)6-9-43-44-18-5-1-2-7-23-18)25(20(28)24-16)19-11-14(26)15(37-19)12-36-41(32,33)39-42(34,35)38-40(29,30)31/h1-2,5,7,10,14-15,19,26H,6,8-9,11-12H2,(H,22,27)(H,32,33)(H,34,35)(H2,21,24,28)(H2,29,30,31)/t14-,15-,19-/m1/s1. The lowest BCUT2D eigenvalue weighted by Gasteiger charge is -2.20. The Balaban J connectivity index is 1.56. The second-order valence-corrected chi connectivity index (χ2v) is 15.3. The first kappa shape index (κ1) is 36.4. The van der Waals surface area contributed by atoms with Crippen LogP contribution in [0.1, 0.15) is 24.8 Å². The monoisotopic (exact) mass is 717 g/mol. The van der Waals surface area contributed by atoms with Gasteiger partial charge in [0.2, 0.25) is 5.91 Å². The number of ether oxygens (including phenoxy) is 1. The Morgan fingerprint density at radius 1 is 1.20 bits per heavy atom. The van der Waals surface area contributed by atoms with Gasteiger partial charge in [-0.15, -0.1) is 0 Å². The van der Waals surface area contributed by atoms with Crippen molar-refractivity contribution in [2.45, 2.75) is 36.3 Å². The predicted octanol–water partition coefficient (Wildman–Crippen LogP) is 0.510. The zero-order chi connectivity index (χ0) is 32.5. The average Bonchev–Trinajstić information content (AvgIpc) is 3.26. The highest BCUT2D eigenvalue weighted by Crippen LogP contribution is 2.66. The fraction of sp³-hybridized carbons (Fsp3) is 0.400. The maximum absolute atomic E-state index is 12.6. The average molecular weight is 718 g/mol. The van der Waals surface area contributed by atoms with Crippen LogP contribution in [0, 0.1) is 11.8 Å². The summed E-state index contributed by atoms with van der Waals surface area (Å²) >= 11 is 0. The summed E-state index contributed by atoms with van der Waals surface area (Å²) in [5, 5.41) is 13.8. The fourth-order valence-corrected chi connectivity index (χ4v) is 8.28. The summed E-state index contributed by atoms with van der Waals surface area (Å²) in [5.41, 5.74) is 4.77. The van der Waals surface area contributed by atoms with Gasteiger partial charge in [-0.25, -0.2) is 23.5 Å². The van der Waals surface area contributed by atoms with E-state index in [1.807, 2.05) is 12.1 Å². The number of phosphoric ester groups is 1. The van der Waals surface area contributed by atoms with E-state index in [0.29, 0.717) is 5.75 Å². The number of pyridine rings is 1. The summed E-state index contributed by atoms with van der Waals surface area (Å²) in [4.78, 5) is 68.6. The largest absolute Gasteiger partial charge is 0.490 e. The van der Waals surface area contributed by atoms with Crippen LogP contribution in [0.4, 0.5) is 5.82 Å². The maximum Gasteiger partial charge on any atom is 0.490 e. The van der Waals surface area contributed by atoms with Gasteiger partial charge >= 0.3 is 29.2 Å². The third-order valence-corrected chi connectivity index (χ3v) is 11.1. The molecular formula is C20H26N5O14P3S2. The van der Waals surface area contributed by atoms with Crippen LogP contribution in [0.25, 0.3) is 0 Å². The number of aromatic nitrogens is 3. The topological polar surface area (TPSA) is 292 Å². The Labute approximate surface area is 256 Å². The molecule has 2 aromatic rings. The molecule has 0 aliphatic carbocycles. The van der Waals surface area contributed by atoms with E-state index in [4.69, 9.17) is 20.3 Å². The van der Waals surface area contributed by atoms with Crippen LogP contribution in [-0.2, 0) is 36.4 Å². The number of nitrogen functional groups attached to an aromatic ring is 1. The molecule has 0 bridgehead atoms. The van der Waals surface area contributed by atoms with E-state index in [-0.39, 0.29) is 36.8 Å². The van der Waals surface area contributed by atoms with Gasteiger partial charge in [0, 0.05) is 30.9 Å². The van der Waals surface area contributed by atoms with Crippen molar-refractivity contribution in [2.75, 3.05) is 24.6 Å². The maximum atomic E-state index is 12.6. The highest BCUT2D eigenvalue weighted by Gasteiger charge is 2.43. The number of nitrogens with zero attached hydrogens (tertiary/aromatic N) is 3. The molecule has 0 saturated carbocycles. The number of anilines is 1. The van der Waals surface area contributed by atoms with Gasteiger partial charge < -0.3 is 40.5 Å². The number of nitrogens with two attached hydrogens (primary N) is 1. The molecule has 3 heterocycles. The smallest absolute Gasteiger partial charge is 0.390 e. The molecule has 2 aromatic heterocycles. The van der Waals surface area contributed by atoms with Gasteiger partial charge in [0.05, 0.1) is 19.3 Å². The summed E-state index contributed by atoms with van der Waals surface area (Å²) in [6, 6.07) is 6.75. The number of aliphatic hydroxyl groups is 1. The summed E-state index contributed by atoms with van der Waals surface area (Å²) in [6.45, 7) is -1.02. The number of phosphoric acid groups is 3. The predicted molar refractivity (Wildman–Crippen MR) is 154 cm³/mol. The molecule has 242 valence electrons. The number of hydrogen-bond donors (Lipinski definition) is 7. The molecule has 0 radical (unpaired) electrons. The number of amides is 1. The molecule has 1 aliphatic rings. The van der Waals surface area contributed by atoms with Crippen molar-refractivity contribution >= 4 is 56.8 Å². The second-order valence-electron chi connectivity index (χ2n) is 8.44. The minimum absolute atomic E-state index is 0.00445. The number of nitrogens with one attached hydrogen (secondary N) is 1. The molecule has 2 unspecified atom stereocenters. The lowest BCUT2D eigenvalue weighted by atomic mass is 10.2. The molecule has 0 spiro atoms. The number of carbonyl (C=O) groups is 1. The Kier molecular flexibility index (Phi) is 13.2. The molecular weight excluding hydrogens is 691 g/mol. The molecule has 19 nitrogen and oxygen atoms in total. The van der Waals surface area contributed by atoms with Crippen LogP contribution in [-0.4, -0.2) is 76.2 Å². The summed E-state index contributed by atoms with van der Waals surface area (Å²) in [5.74, 6) is 5.43. The van der Waals surface area contributed by atoms with Crippen LogP contribution in [0.2, 0.25) is 0 Å². The van der Waals surface area contributed by atoms with E-state index >= 15 is 0 Å². The SMILES string of the molecule is Nc1cc(C#CCNC(=O)CCSSc2ccccn2)n([C@H]2C[C@@H](O)[C@@H](COP(=O)(O)OP(=O)(O)OP(=O)(O)O)O2)c(=O)n1. The first-order valence-corrected chi connectivity index (χ1v) is 18.8. The van der Waals surface area contributed by atoms with Crippen LogP contribution < -0.4 is 16.7 Å². The molecule has 44 heavy (non-hydrogen) atoms. The third-order valence-electron chi connectivity index (χ3n) is 5.07. The Morgan fingerprint density at radius 2 is 1.95 bits per heavy atom. The van der Waals surface area contributed by atoms with Crippen molar-refractivity contribution in [1.29, 1.82) is 0 Å². The van der Waals surface area contributed by atoms with Crippen LogP contribution in [0.15, 0.2) is 40.3 Å². The van der Waals surface area contributed by atoms with Gasteiger partial charge in [0.1, 0.15) is 28.9 Å². The second kappa shape index (κ2) is 15.9. The van der Waals surface area contributed by atoms with Crippen LogP contribution >= 0.6 is 45.1 Å². The first-order chi connectivity index (χ1) is 20.5. The number of hydrogen-bond acceptors (Lipinski definition) is 15. The highest BCUT2D eigenvalue weighted by atomic mass is 33.1. The Morgan fingerprint density at radius 3 is 2.64 bits per heavy atom. The zero-order valence-corrected chi connectivity index (χ0v) is 26.5. The van der Waals surface area contributed by atoms with E-state index in [2.05, 4.69) is 40.3 Å². The van der Waals surface area contributed by atoms with Gasteiger partial charge in [-0.2, -0.15) is 13.6 Å². The molecule has 1 saturated heterocycles. The van der Waals surface area contributed by atoms with Gasteiger partial charge in [-0.1, -0.05) is 22.8 Å². The number of rotatable bonds is 14. The van der Waals surface area contributed by atoms with Crippen molar-refractivity contribution in [3.05, 3.63) is 46.6 Å². The lowest BCUT2D eigenvalue weighted by Crippen LogP contribution is -2.30. The van der Waals surface area contributed by atoms with Crippen molar-refractivity contribution < 1.29 is 61.1 Å². The highest BCUT2D eigenvalue weighted by molar-refractivity contribution is 8.76. The molecule has 5 atom stereocenters. The van der Waals surface area contributed by atoms with E-state index in [1.54, 1.807) is 12.3 Å². The van der Waals surface area contributed by atoms with E-state index < -0.39 is 54.2 Å². The summed E-state index contributed by atoms with van der Waals surface area (Å²) < 4.78 is 52.4. The van der Waals surface area contributed by atoms with Gasteiger partial charge in [-0.05, 0) is 28.8 Å². The summed E-state index contributed by atoms with van der Waals surface area (Å²) in [7, 11) is -13.9. The first-order valence-electron chi connectivity index (χ1n) is 12.0. The van der Waals surface area contributed by atoms with Gasteiger partial charge in [0.25, 0.3) is 0 Å². The minimum Gasteiger partial charge on any atom is -0.390 e. The quantitative estimate of drug-likeness (QED) is 0.0606. The molecule has 3 rings (SSSR count). The van der Waals surface area contributed by atoms with Gasteiger partial charge in [-0.3, -0.25) is 13.9 Å². The van der Waals surface area contributed by atoms with Gasteiger partial charge in [0.15, 0.2) is 0 Å². The van der Waals surface area contributed by atoms with Crippen molar-refractivity contribution in [1.82, 2.24) is 19.9 Å². The number of aliphatic hydroxyl groups excluding tert-OH is 1. The Bertz CT molecular complexity index is 1580. The van der Waals surface area contributed by atoms with E-state index in [0.717, 1.165) is 9.59 Å². The van der Waals surface area contributed by atoms with Crippen LogP contribution in [0.3, 0.4) is 0 Å². The molecule has 1 amide bonds. The zero-order valence-electron chi connectivity index (χ0n) is 22.1. The molecule has 1 fully saturated rings. The lowest BCUT2D eigenvalue weighted by molar-refractivity contribution is -0.120. The Hall–Kier alpha value is -2.11. The molecule has 24 heteroatoms. The fourth-order valence-electron chi connectivity index (χ4n) is 3.38. The van der Waals surface area contributed by atoms with Crippen molar-refractivity contribution in [2.24, 2.45) is 0 Å². The van der Waals surface area contributed by atoms with Crippen LogP contribution in [0.5, 0.6) is 0 Å². The molecule has 0 aromatic carbocycles. The summed E-state index contributed by atoms with van der Waals surface area (Å²) in [6.07, 6.45) is -2.42. The molecule has 1 aliphatic heterocycles. The third kappa shape index (κ3) is 12.4. The van der Waals surface area contributed by atoms with Crippen molar-refractivity contribution in [3.8, 4) is 11.8 Å². The minimum atomic E-state index is -5.74. The van der Waals surface area contributed by atoms with E-state index in [1.165, 1.54) is 27.7 Å². The van der Waals surface area contributed by atoms with Crippen molar-refractivity contribution in [3.63, 3.8) is 0 Å². The normalized spacial score (nSPS) is 21.1. The number of carbonyl (C=O) groups excluding carboxylic acids is 1. The molecule has 8 N–H and O–H groups in total.